The van der Waals surface area contributed by atoms with Gasteiger partial charge in [-0.05, 0) is 17.9 Å². The Morgan fingerprint density at radius 2 is 2.00 bits per heavy atom. The molecule has 21 heavy (non-hydrogen) atoms. The van der Waals surface area contributed by atoms with Crippen LogP contribution in [0.2, 0.25) is 5.15 Å². The fourth-order valence-corrected chi connectivity index (χ4v) is 2.12. The van der Waals surface area contributed by atoms with Gasteiger partial charge < -0.3 is 5.32 Å². The maximum atomic E-state index is 12.0. The van der Waals surface area contributed by atoms with Gasteiger partial charge in [0.25, 0.3) is 5.91 Å². The summed E-state index contributed by atoms with van der Waals surface area (Å²) in [7, 11) is 0. The molecule has 1 heterocycles. The molecular formula is C14H12ClF3N2O. The van der Waals surface area contributed by atoms with Gasteiger partial charge in [0, 0.05) is 18.4 Å². The number of carbonyl (C=O) groups excluding carboxylic acids is 1. The lowest BCUT2D eigenvalue weighted by Crippen LogP contribution is -2.26. The molecule has 0 spiro atoms. The van der Waals surface area contributed by atoms with Gasteiger partial charge >= 0.3 is 6.18 Å². The van der Waals surface area contributed by atoms with E-state index in [1.165, 1.54) is 0 Å². The first-order valence-electron chi connectivity index (χ1n) is 6.27. The van der Waals surface area contributed by atoms with Crippen LogP contribution < -0.4 is 5.32 Å². The van der Waals surface area contributed by atoms with E-state index in [1.807, 2.05) is 0 Å². The molecule has 0 saturated carbocycles. The summed E-state index contributed by atoms with van der Waals surface area (Å²) in [6.07, 6.45) is -5.31. The van der Waals surface area contributed by atoms with Gasteiger partial charge in [0.2, 0.25) is 0 Å². The fraction of sp³-hybridized carbons (Fsp3) is 0.286. The number of nitrogens with zero attached hydrogens (tertiary/aromatic N) is 1. The number of pyridine rings is 1. The Morgan fingerprint density at radius 3 is 2.71 bits per heavy atom. The maximum Gasteiger partial charge on any atom is 0.389 e. The van der Waals surface area contributed by atoms with Crippen LogP contribution >= 0.6 is 11.6 Å². The molecular weight excluding hydrogens is 305 g/mol. The number of fused-ring (bicyclic) bond motifs is 1. The molecule has 2 aromatic rings. The van der Waals surface area contributed by atoms with Crippen molar-refractivity contribution in [2.75, 3.05) is 6.54 Å². The lowest BCUT2D eigenvalue weighted by Gasteiger charge is -2.08. The van der Waals surface area contributed by atoms with Crippen LogP contribution in [0, 0.1) is 0 Å². The maximum absolute atomic E-state index is 12.0. The first-order valence-corrected chi connectivity index (χ1v) is 6.65. The Balaban J connectivity index is 2.03. The molecule has 1 N–H and O–H groups in total. The monoisotopic (exact) mass is 316 g/mol. The molecule has 0 aliphatic rings. The van der Waals surface area contributed by atoms with E-state index >= 15 is 0 Å². The van der Waals surface area contributed by atoms with Crippen molar-refractivity contribution in [2.45, 2.75) is 19.0 Å². The van der Waals surface area contributed by atoms with E-state index in [0.717, 1.165) is 5.39 Å². The van der Waals surface area contributed by atoms with Crippen molar-refractivity contribution in [3.05, 3.63) is 41.2 Å². The summed E-state index contributed by atoms with van der Waals surface area (Å²) >= 11 is 5.99. The smallest absolute Gasteiger partial charge is 0.351 e. The molecule has 112 valence electrons. The summed E-state index contributed by atoms with van der Waals surface area (Å²) in [4.78, 5) is 15.8. The van der Waals surface area contributed by atoms with Crippen LogP contribution in [0.5, 0.6) is 0 Å². The molecule has 1 amide bonds. The van der Waals surface area contributed by atoms with Crippen molar-refractivity contribution in [3.63, 3.8) is 0 Å². The van der Waals surface area contributed by atoms with Gasteiger partial charge in [-0.3, -0.25) is 4.79 Å². The Hall–Kier alpha value is -1.82. The van der Waals surface area contributed by atoms with Gasteiger partial charge in [-0.25, -0.2) is 4.98 Å². The van der Waals surface area contributed by atoms with Crippen molar-refractivity contribution < 1.29 is 18.0 Å². The number of halogens is 4. The van der Waals surface area contributed by atoms with E-state index in [0.29, 0.717) is 5.39 Å². The molecule has 2 rings (SSSR count). The van der Waals surface area contributed by atoms with Crippen molar-refractivity contribution in [3.8, 4) is 0 Å². The lowest BCUT2D eigenvalue weighted by molar-refractivity contribution is -0.135. The van der Waals surface area contributed by atoms with Gasteiger partial charge in [0.05, 0.1) is 0 Å². The first-order chi connectivity index (χ1) is 9.87. The van der Waals surface area contributed by atoms with E-state index in [4.69, 9.17) is 11.6 Å². The summed E-state index contributed by atoms with van der Waals surface area (Å²) in [5, 5.41) is 4.06. The highest BCUT2D eigenvalue weighted by Gasteiger charge is 2.26. The standard InChI is InChI=1S/C14H12ClF3N2O/c15-12-10-5-2-1-4-9(10)8-11(20-12)13(21)19-7-3-6-14(16,17)18/h1-2,4-5,8H,3,6-7H2,(H,19,21). The SMILES string of the molecule is O=C(NCCCC(F)(F)F)c1cc2ccccc2c(Cl)n1. The average Bonchev–Trinajstić information content (AvgIpc) is 2.42. The normalized spacial score (nSPS) is 11.6. The fourth-order valence-electron chi connectivity index (χ4n) is 1.85. The quantitative estimate of drug-likeness (QED) is 0.685. The highest BCUT2D eigenvalue weighted by Crippen LogP contribution is 2.22. The van der Waals surface area contributed by atoms with Crippen molar-refractivity contribution in [1.29, 1.82) is 0 Å². The molecule has 7 heteroatoms. The second-order valence-corrected chi connectivity index (χ2v) is 4.85. The van der Waals surface area contributed by atoms with Crippen LogP contribution in [0.25, 0.3) is 10.8 Å². The van der Waals surface area contributed by atoms with Crippen molar-refractivity contribution in [1.82, 2.24) is 10.3 Å². The lowest BCUT2D eigenvalue weighted by atomic mass is 10.1. The van der Waals surface area contributed by atoms with Gasteiger partial charge in [-0.15, -0.1) is 0 Å². The number of aromatic nitrogens is 1. The molecule has 0 fully saturated rings. The third kappa shape index (κ3) is 4.32. The molecule has 0 bridgehead atoms. The molecule has 3 nitrogen and oxygen atoms in total. The Bertz CT molecular complexity index is 658. The van der Waals surface area contributed by atoms with Crippen molar-refractivity contribution >= 4 is 28.3 Å². The van der Waals surface area contributed by atoms with Gasteiger partial charge in [-0.1, -0.05) is 35.9 Å². The largest absolute Gasteiger partial charge is 0.389 e. The third-order valence-electron chi connectivity index (χ3n) is 2.85. The average molecular weight is 317 g/mol. The number of amides is 1. The summed E-state index contributed by atoms with van der Waals surface area (Å²) in [5.74, 6) is -0.537. The number of benzene rings is 1. The molecule has 1 aromatic carbocycles. The number of alkyl halides is 3. The molecule has 0 saturated heterocycles. The molecule has 0 aliphatic heterocycles. The van der Waals surface area contributed by atoms with Crippen LogP contribution in [-0.2, 0) is 0 Å². The zero-order valence-corrected chi connectivity index (χ0v) is 11.6. The van der Waals surface area contributed by atoms with Gasteiger partial charge in [-0.2, -0.15) is 13.2 Å². The minimum Gasteiger partial charge on any atom is -0.351 e. The zero-order chi connectivity index (χ0) is 15.5. The Kier molecular flexibility index (Phi) is 4.67. The van der Waals surface area contributed by atoms with Crippen LogP contribution in [0.3, 0.4) is 0 Å². The Morgan fingerprint density at radius 1 is 1.29 bits per heavy atom. The summed E-state index contributed by atoms with van der Waals surface area (Å²) < 4.78 is 36.0. The molecule has 0 unspecified atom stereocenters. The predicted octanol–water partition coefficient (Wildman–Crippen LogP) is 3.96. The number of carbonyl (C=O) groups is 1. The zero-order valence-electron chi connectivity index (χ0n) is 10.9. The molecule has 0 atom stereocenters. The van der Waals surface area contributed by atoms with Crippen LogP contribution in [0.4, 0.5) is 13.2 Å². The number of hydrogen-bond acceptors (Lipinski definition) is 2. The minimum absolute atomic E-state index is 0.0650. The van der Waals surface area contributed by atoms with E-state index < -0.39 is 18.5 Å². The predicted molar refractivity (Wildman–Crippen MR) is 74.4 cm³/mol. The summed E-state index contributed by atoms with van der Waals surface area (Å²) in [6.45, 7) is -0.0650. The summed E-state index contributed by atoms with van der Waals surface area (Å²) in [6, 6.07) is 8.70. The highest BCUT2D eigenvalue weighted by molar-refractivity contribution is 6.34. The van der Waals surface area contributed by atoms with E-state index in [9.17, 15) is 18.0 Å². The minimum atomic E-state index is -4.21. The molecule has 0 aliphatic carbocycles. The highest BCUT2D eigenvalue weighted by atomic mass is 35.5. The van der Waals surface area contributed by atoms with Crippen LogP contribution in [-0.4, -0.2) is 23.6 Å². The third-order valence-corrected chi connectivity index (χ3v) is 3.14. The molecule has 1 aromatic heterocycles. The number of hydrogen-bond donors (Lipinski definition) is 1. The van der Waals surface area contributed by atoms with E-state index in [2.05, 4.69) is 10.3 Å². The summed E-state index contributed by atoms with van der Waals surface area (Å²) in [5.41, 5.74) is 0.0886. The van der Waals surface area contributed by atoms with Gasteiger partial charge in [0.1, 0.15) is 10.8 Å². The second kappa shape index (κ2) is 6.30. The Labute approximate surface area is 124 Å². The topological polar surface area (TPSA) is 42.0 Å². The second-order valence-electron chi connectivity index (χ2n) is 4.49. The van der Waals surface area contributed by atoms with Crippen LogP contribution in [0.15, 0.2) is 30.3 Å². The van der Waals surface area contributed by atoms with E-state index in [-0.39, 0.29) is 23.8 Å². The van der Waals surface area contributed by atoms with Gasteiger partial charge in [0.15, 0.2) is 0 Å². The molecule has 0 radical (unpaired) electrons. The number of rotatable bonds is 4. The van der Waals surface area contributed by atoms with E-state index in [1.54, 1.807) is 30.3 Å². The number of nitrogens with one attached hydrogen (secondary N) is 1. The van der Waals surface area contributed by atoms with Crippen molar-refractivity contribution in [2.24, 2.45) is 0 Å². The first kappa shape index (κ1) is 15.6. The van der Waals surface area contributed by atoms with Crippen LogP contribution in [0.1, 0.15) is 23.3 Å².